The predicted octanol–water partition coefficient (Wildman–Crippen LogP) is 2.84. The van der Waals surface area contributed by atoms with Crippen LogP contribution in [0.3, 0.4) is 0 Å². The summed E-state index contributed by atoms with van der Waals surface area (Å²) in [4.78, 5) is 27.7. The monoisotopic (exact) mass is 318 g/mol. The van der Waals surface area contributed by atoms with Crippen molar-refractivity contribution in [2.24, 2.45) is 0 Å². The summed E-state index contributed by atoms with van der Waals surface area (Å²) in [6.07, 6.45) is 3.38. The Hall–Kier alpha value is -2.04. The maximum Gasteiger partial charge on any atom is 0.242 e. The van der Waals surface area contributed by atoms with Crippen LogP contribution in [0.1, 0.15) is 40.0 Å². The molecule has 0 saturated carbocycles. The van der Waals surface area contributed by atoms with E-state index in [-0.39, 0.29) is 24.5 Å². The van der Waals surface area contributed by atoms with Gasteiger partial charge in [0.05, 0.1) is 6.10 Å². The van der Waals surface area contributed by atoms with Crippen molar-refractivity contribution >= 4 is 17.5 Å². The van der Waals surface area contributed by atoms with Crippen LogP contribution in [0.15, 0.2) is 24.3 Å². The van der Waals surface area contributed by atoms with E-state index in [2.05, 4.69) is 0 Å². The standard InChI is InChI=1S/C18H26N2O3/c1-14(2)23-17-9-7-16(8-10-17)20(15(3)21)13-18(22)19-11-5-4-6-12-19/h7-10,14H,4-6,11-13H2,1-3H3. The molecular weight excluding hydrogens is 292 g/mol. The topological polar surface area (TPSA) is 49.9 Å². The van der Waals surface area contributed by atoms with Gasteiger partial charge in [-0.15, -0.1) is 0 Å². The fourth-order valence-electron chi connectivity index (χ4n) is 2.74. The maximum atomic E-state index is 12.4. The Morgan fingerprint density at radius 2 is 1.74 bits per heavy atom. The van der Waals surface area contributed by atoms with Crippen LogP contribution in [0, 0.1) is 0 Å². The van der Waals surface area contributed by atoms with Crippen molar-refractivity contribution in [3.05, 3.63) is 24.3 Å². The van der Waals surface area contributed by atoms with Crippen LogP contribution in [0.5, 0.6) is 5.75 Å². The number of hydrogen-bond acceptors (Lipinski definition) is 3. The maximum absolute atomic E-state index is 12.4. The Labute approximate surface area is 138 Å². The minimum atomic E-state index is -0.132. The molecule has 0 bridgehead atoms. The minimum absolute atomic E-state index is 0.0161. The first-order valence-corrected chi connectivity index (χ1v) is 8.30. The first-order valence-electron chi connectivity index (χ1n) is 8.30. The Balaban J connectivity index is 2.05. The molecule has 1 fully saturated rings. The molecule has 1 aliphatic heterocycles. The van der Waals surface area contributed by atoms with Crippen molar-refractivity contribution in [3.8, 4) is 5.75 Å². The lowest BCUT2D eigenvalue weighted by Crippen LogP contribution is -2.44. The van der Waals surface area contributed by atoms with Gasteiger partial charge in [0, 0.05) is 25.7 Å². The first kappa shape index (κ1) is 17.3. The number of hydrogen-bond donors (Lipinski definition) is 0. The second kappa shape index (κ2) is 7.99. The first-order chi connectivity index (χ1) is 11.0. The lowest BCUT2D eigenvalue weighted by molar-refractivity contribution is -0.132. The van der Waals surface area contributed by atoms with Gasteiger partial charge in [-0.25, -0.2) is 0 Å². The number of amides is 2. The molecule has 1 aromatic rings. The average molecular weight is 318 g/mol. The quantitative estimate of drug-likeness (QED) is 0.839. The van der Waals surface area contributed by atoms with Crippen LogP contribution in [0.2, 0.25) is 0 Å². The molecule has 0 atom stereocenters. The van der Waals surface area contributed by atoms with Gasteiger partial charge in [-0.2, -0.15) is 0 Å². The summed E-state index contributed by atoms with van der Waals surface area (Å²) in [5.41, 5.74) is 0.721. The second-order valence-corrected chi connectivity index (χ2v) is 6.21. The molecule has 1 aliphatic rings. The highest BCUT2D eigenvalue weighted by Crippen LogP contribution is 2.21. The third kappa shape index (κ3) is 4.98. The number of likely N-dealkylation sites (tertiary alicyclic amines) is 1. The Bertz CT molecular complexity index is 534. The van der Waals surface area contributed by atoms with E-state index in [1.54, 1.807) is 0 Å². The van der Waals surface area contributed by atoms with Crippen LogP contribution in [0.4, 0.5) is 5.69 Å². The van der Waals surface area contributed by atoms with Crippen molar-refractivity contribution < 1.29 is 14.3 Å². The number of piperidine rings is 1. The molecule has 1 heterocycles. The minimum Gasteiger partial charge on any atom is -0.491 e. The fourth-order valence-corrected chi connectivity index (χ4v) is 2.74. The average Bonchev–Trinajstić information content (AvgIpc) is 2.53. The Morgan fingerprint density at radius 1 is 1.13 bits per heavy atom. The summed E-state index contributed by atoms with van der Waals surface area (Å²) in [6, 6.07) is 7.30. The van der Waals surface area contributed by atoms with Gasteiger partial charge in [0.2, 0.25) is 11.8 Å². The van der Waals surface area contributed by atoms with Gasteiger partial charge in [-0.3, -0.25) is 9.59 Å². The molecule has 0 aliphatic carbocycles. The molecule has 126 valence electrons. The molecule has 1 saturated heterocycles. The van der Waals surface area contributed by atoms with Gasteiger partial charge in [-0.05, 0) is 57.4 Å². The van der Waals surface area contributed by atoms with E-state index in [0.29, 0.717) is 0 Å². The van der Waals surface area contributed by atoms with Crippen molar-refractivity contribution in [2.45, 2.75) is 46.1 Å². The van der Waals surface area contributed by atoms with Gasteiger partial charge in [-0.1, -0.05) is 0 Å². The van der Waals surface area contributed by atoms with Crippen LogP contribution in [0.25, 0.3) is 0 Å². The lowest BCUT2D eigenvalue weighted by Gasteiger charge is -2.29. The number of rotatable bonds is 5. The molecule has 0 unspecified atom stereocenters. The smallest absolute Gasteiger partial charge is 0.242 e. The van der Waals surface area contributed by atoms with Crippen LogP contribution in [-0.4, -0.2) is 42.5 Å². The summed E-state index contributed by atoms with van der Waals surface area (Å²) in [5, 5.41) is 0. The number of benzene rings is 1. The van der Waals surface area contributed by atoms with Crippen molar-refractivity contribution in [1.29, 1.82) is 0 Å². The van der Waals surface area contributed by atoms with E-state index in [9.17, 15) is 9.59 Å². The molecule has 5 heteroatoms. The molecule has 1 aromatic carbocycles. The second-order valence-electron chi connectivity index (χ2n) is 6.21. The van der Waals surface area contributed by atoms with Crippen LogP contribution < -0.4 is 9.64 Å². The number of nitrogens with zero attached hydrogens (tertiary/aromatic N) is 2. The SMILES string of the molecule is CC(=O)N(CC(=O)N1CCCCC1)c1ccc(OC(C)C)cc1. The van der Waals surface area contributed by atoms with Crippen molar-refractivity contribution in [3.63, 3.8) is 0 Å². The van der Waals surface area contributed by atoms with Gasteiger partial charge >= 0.3 is 0 Å². The molecular formula is C18H26N2O3. The highest BCUT2D eigenvalue weighted by molar-refractivity contribution is 5.97. The summed E-state index contributed by atoms with van der Waals surface area (Å²) in [6.45, 7) is 7.11. The molecule has 2 rings (SSSR count). The number of carbonyl (C=O) groups excluding carboxylic acids is 2. The van der Waals surface area contributed by atoms with E-state index in [0.717, 1.165) is 37.4 Å². The lowest BCUT2D eigenvalue weighted by atomic mass is 10.1. The summed E-state index contributed by atoms with van der Waals surface area (Å²) in [7, 11) is 0. The Kier molecular flexibility index (Phi) is 6.02. The third-order valence-corrected chi connectivity index (χ3v) is 3.90. The van der Waals surface area contributed by atoms with E-state index in [1.165, 1.54) is 18.2 Å². The highest BCUT2D eigenvalue weighted by Gasteiger charge is 2.21. The molecule has 2 amide bonds. The Morgan fingerprint density at radius 3 is 2.26 bits per heavy atom. The predicted molar refractivity (Wildman–Crippen MR) is 90.7 cm³/mol. The van der Waals surface area contributed by atoms with Crippen LogP contribution >= 0.6 is 0 Å². The zero-order valence-corrected chi connectivity index (χ0v) is 14.2. The van der Waals surface area contributed by atoms with E-state index in [4.69, 9.17) is 4.74 Å². The number of ether oxygens (including phenoxy) is 1. The van der Waals surface area contributed by atoms with Gasteiger partial charge in [0.1, 0.15) is 12.3 Å². The van der Waals surface area contributed by atoms with E-state index >= 15 is 0 Å². The molecule has 0 radical (unpaired) electrons. The molecule has 0 N–H and O–H groups in total. The molecule has 0 spiro atoms. The van der Waals surface area contributed by atoms with Crippen molar-refractivity contribution in [1.82, 2.24) is 4.90 Å². The normalized spacial score (nSPS) is 14.7. The zero-order chi connectivity index (χ0) is 16.8. The van der Waals surface area contributed by atoms with E-state index < -0.39 is 0 Å². The van der Waals surface area contributed by atoms with E-state index in [1.807, 2.05) is 43.0 Å². The fraction of sp³-hybridized carbons (Fsp3) is 0.556. The van der Waals surface area contributed by atoms with Crippen LogP contribution in [-0.2, 0) is 9.59 Å². The number of carbonyl (C=O) groups is 2. The summed E-state index contributed by atoms with van der Waals surface area (Å²) >= 11 is 0. The summed E-state index contributed by atoms with van der Waals surface area (Å²) in [5.74, 6) is 0.643. The van der Waals surface area contributed by atoms with Gasteiger partial charge < -0.3 is 14.5 Å². The highest BCUT2D eigenvalue weighted by atomic mass is 16.5. The molecule has 23 heavy (non-hydrogen) atoms. The summed E-state index contributed by atoms with van der Waals surface area (Å²) < 4.78 is 5.61. The van der Waals surface area contributed by atoms with Gasteiger partial charge in [0.15, 0.2) is 0 Å². The number of anilines is 1. The molecule has 5 nitrogen and oxygen atoms in total. The van der Waals surface area contributed by atoms with Gasteiger partial charge in [0.25, 0.3) is 0 Å². The molecule has 0 aromatic heterocycles. The van der Waals surface area contributed by atoms with Crippen molar-refractivity contribution in [2.75, 3.05) is 24.5 Å². The largest absolute Gasteiger partial charge is 0.491 e. The third-order valence-electron chi connectivity index (χ3n) is 3.90. The zero-order valence-electron chi connectivity index (χ0n) is 14.2.